The van der Waals surface area contributed by atoms with E-state index in [1.807, 2.05) is 0 Å². The number of Topliss-reactive ketones (excluding diaryl/α,β-unsaturated/α-hetero) is 1. The van der Waals surface area contributed by atoms with Crippen LogP contribution in [0, 0.1) is 11.8 Å². The van der Waals surface area contributed by atoms with Crippen molar-refractivity contribution in [2.45, 2.75) is 56.9 Å². The first kappa shape index (κ1) is 22.6. The Morgan fingerprint density at radius 3 is 2.47 bits per heavy atom. The van der Waals surface area contributed by atoms with Crippen molar-refractivity contribution >= 4 is 33.2 Å². The summed E-state index contributed by atoms with van der Waals surface area (Å²) in [6.07, 6.45) is 6.07. The average Bonchev–Trinajstić information content (AvgIpc) is 3.64. The molecule has 7 rings (SSSR count). The molecule has 2 saturated carbocycles. The third-order valence-corrected chi connectivity index (χ3v) is 10.2. The second kappa shape index (κ2) is 8.77. The van der Waals surface area contributed by atoms with E-state index in [-0.39, 0.29) is 29.4 Å². The van der Waals surface area contributed by atoms with Gasteiger partial charge in [0.05, 0.1) is 4.70 Å². The molecule has 2 aromatic heterocycles. The fourth-order valence-electron chi connectivity index (χ4n) is 7.51. The molecule has 4 aliphatic rings. The van der Waals surface area contributed by atoms with Crippen molar-refractivity contribution in [2.24, 2.45) is 11.8 Å². The molecule has 1 saturated heterocycles. The van der Waals surface area contributed by atoms with Crippen molar-refractivity contribution in [1.82, 2.24) is 13.8 Å². The number of aromatic hydroxyl groups is 2. The van der Waals surface area contributed by atoms with E-state index in [0.29, 0.717) is 24.8 Å². The molecular weight excluding hydrogens is 472 g/mol. The van der Waals surface area contributed by atoms with Gasteiger partial charge in [0.25, 0.3) is 0 Å². The molecule has 36 heavy (non-hydrogen) atoms. The van der Waals surface area contributed by atoms with Gasteiger partial charge in [0.15, 0.2) is 11.8 Å². The standard InChI is InChI=1S/C28H34N4O3S/c33-22-14-19-13-21(22)25-24(19)27(34)32(28(25)35)16-18-6-2-1-5-17(18)15-30-9-11-31(12-10-30)26-20-7-3-4-8-23(20)36-29-26/h3-4,7-8,17-19,21,34-35H,1-2,5-6,9-16H2/t17-,18-,19+,21-/m0/s1. The second-order valence-electron chi connectivity index (χ2n) is 11.3. The first-order valence-corrected chi connectivity index (χ1v) is 14.3. The SMILES string of the molecule is O=C1C[C@H]2C[C@@H]1c1c2c(O)n(C[C@@H]2CCCC[C@H]2CN2CCN(c3nsc4ccccc34)CC2)c1O. The molecule has 7 nitrogen and oxygen atoms in total. The van der Waals surface area contributed by atoms with Gasteiger partial charge in [0, 0.05) is 68.1 Å². The molecule has 0 amide bonds. The summed E-state index contributed by atoms with van der Waals surface area (Å²) in [7, 11) is 0. The minimum atomic E-state index is -0.203. The lowest BCUT2D eigenvalue weighted by molar-refractivity contribution is -0.118. The Morgan fingerprint density at radius 2 is 1.67 bits per heavy atom. The fourth-order valence-corrected chi connectivity index (χ4v) is 8.30. The van der Waals surface area contributed by atoms with Crippen LogP contribution < -0.4 is 4.90 Å². The second-order valence-corrected chi connectivity index (χ2v) is 12.1. The third kappa shape index (κ3) is 3.56. The monoisotopic (exact) mass is 506 g/mol. The maximum Gasteiger partial charge on any atom is 0.198 e. The van der Waals surface area contributed by atoms with Gasteiger partial charge >= 0.3 is 0 Å². The van der Waals surface area contributed by atoms with Crippen LogP contribution in [0.3, 0.4) is 0 Å². The van der Waals surface area contributed by atoms with Crippen molar-refractivity contribution in [2.75, 3.05) is 37.6 Å². The van der Waals surface area contributed by atoms with Gasteiger partial charge in [-0.3, -0.25) is 14.3 Å². The minimum Gasteiger partial charge on any atom is -0.494 e. The number of nitrogens with zero attached hydrogens (tertiary/aromatic N) is 4. The lowest BCUT2D eigenvalue weighted by Crippen LogP contribution is -2.49. The molecule has 3 aliphatic carbocycles. The van der Waals surface area contributed by atoms with E-state index in [0.717, 1.165) is 62.5 Å². The van der Waals surface area contributed by atoms with Crippen molar-refractivity contribution in [3.05, 3.63) is 35.4 Å². The zero-order valence-electron chi connectivity index (χ0n) is 20.6. The molecule has 0 radical (unpaired) electrons. The molecule has 2 bridgehead atoms. The molecule has 2 N–H and O–H groups in total. The number of piperazine rings is 1. The van der Waals surface area contributed by atoms with Crippen LogP contribution in [-0.2, 0) is 11.3 Å². The summed E-state index contributed by atoms with van der Waals surface area (Å²) in [4.78, 5) is 17.3. The highest BCUT2D eigenvalue weighted by Crippen LogP contribution is 2.58. The van der Waals surface area contributed by atoms with E-state index in [1.54, 1.807) is 16.1 Å². The van der Waals surface area contributed by atoms with Crippen LogP contribution in [0.15, 0.2) is 24.3 Å². The normalized spacial score (nSPS) is 28.3. The molecular formula is C28H34N4O3S. The zero-order chi connectivity index (χ0) is 24.4. The van der Waals surface area contributed by atoms with Crippen LogP contribution in [-0.4, -0.2) is 62.6 Å². The van der Waals surface area contributed by atoms with Crippen LogP contribution >= 0.6 is 11.5 Å². The molecule has 3 aromatic rings. The van der Waals surface area contributed by atoms with Gasteiger partial charge in [-0.1, -0.05) is 25.0 Å². The van der Waals surface area contributed by atoms with Gasteiger partial charge in [-0.25, -0.2) is 0 Å². The Kier molecular flexibility index (Phi) is 5.51. The van der Waals surface area contributed by atoms with Gasteiger partial charge < -0.3 is 15.1 Å². The lowest BCUT2D eigenvalue weighted by Gasteiger charge is -2.40. The summed E-state index contributed by atoms with van der Waals surface area (Å²) in [6.45, 7) is 5.78. The number of aromatic nitrogens is 2. The van der Waals surface area contributed by atoms with Gasteiger partial charge in [0.1, 0.15) is 11.6 Å². The molecule has 3 fully saturated rings. The molecule has 0 spiro atoms. The van der Waals surface area contributed by atoms with E-state index < -0.39 is 0 Å². The van der Waals surface area contributed by atoms with Crippen LogP contribution in [0.2, 0.25) is 0 Å². The topological polar surface area (TPSA) is 81.8 Å². The summed E-state index contributed by atoms with van der Waals surface area (Å²) in [5.74, 6) is 2.60. The van der Waals surface area contributed by atoms with Crippen LogP contribution in [0.25, 0.3) is 10.1 Å². The number of anilines is 1. The number of carbonyl (C=O) groups is 1. The molecule has 8 heteroatoms. The van der Waals surface area contributed by atoms with E-state index in [2.05, 4.69) is 34.1 Å². The Labute approximate surface area is 215 Å². The highest BCUT2D eigenvalue weighted by atomic mass is 32.1. The fraction of sp³-hybridized carbons (Fsp3) is 0.571. The summed E-state index contributed by atoms with van der Waals surface area (Å²) < 4.78 is 7.74. The lowest BCUT2D eigenvalue weighted by atomic mass is 9.78. The number of rotatable bonds is 5. The number of hydrogen-bond donors (Lipinski definition) is 2. The van der Waals surface area contributed by atoms with Gasteiger partial charge in [-0.05, 0) is 60.7 Å². The van der Waals surface area contributed by atoms with E-state index in [4.69, 9.17) is 4.37 Å². The predicted octanol–water partition coefficient (Wildman–Crippen LogP) is 4.68. The Bertz CT molecular complexity index is 1310. The summed E-state index contributed by atoms with van der Waals surface area (Å²) in [5.41, 5.74) is 1.59. The van der Waals surface area contributed by atoms with Crippen molar-refractivity contribution in [3.63, 3.8) is 0 Å². The summed E-state index contributed by atoms with van der Waals surface area (Å²) >= 11 is 1.59. The maximum atomic E-state index is 12.3. The zero-order valence-corrected chi connectivity index (χ0v) is 21.4. The van der Waals surface area contributed by atoms with Crippen LogP contribution in [0.5, 0.6) is 11.8 Å². The van der Waals surface area contributed by atoms with Crippen molar-refractivity contribution in [1.29, 1.82) is 0 Å². The van der Waals surface area contributed by atoms with Crippen molar-refractivity contribution < 1.29 is 15.0 Å². The number of ketones is 1. The number of hydrogen-bond acceptors (Lipinski definition) is 7. The quantitative estimate of drug-likeness (QED) is 0.523. The van der Waals surface area contributed by atoms with Crippen LogP contribution in [0.1, 0.15) is 61.5 Å². The Balaban J connectivity index is 1.03. The largest absolute Gasteiger partial charge is 0.494 e. The summed E-state index contributed by atoms with van der Waals surface area (Å²) in [6, 6.07) is 8.50. The predicted molar refractivity (Wildman–Crippen MR) is 141 cm³/mol. The number of fused-ring (bicyclic) bond motifs is 6. The average molecular weight is 507 g/mol. The molecule has 3 heterocycles. The third-order valence-electron chi connectivity index (χ3n) is 9.40. The molecule has 190 valence electrons. The van der Waals surface area contributed by atoms with Gasteiger partial charge in [-0.2, -0.15) is 4.37 Å². The van der Waals surface area contributed by atoms with E-state index in [1.165, 1.54) is 29.3 Å². The summed E-state index contributed by atoms with van der Waals surface area (Å²) in [5, 5.41) is 23.3. The molecule has 1 aromatic carbocycles. The van der Waals surface area contributed by atoms with E-state index in [9.17, 15) is 15.0 Å². The van der Waals surface area contributed by atoms with Crippen LogP contribution in [0.4, 0.5) is 5.82 Å². The Morgan fingerprint density at radius 1 is 0.944 bits per heavy atom. The van der Waals surface area contributed by atoms with E-state index >= 15 is 0 Å². The molecule has 0 unspecified atom stereocenters. The highest BCUT2D eigenvalue weighted by Gasteiger charge is 2.49. The first-order valence-electron chi connectivity index (χ1n) is 13.6. The Hall–Kier alpha value is -2.58. The minimum absolute atomic E-state index is 0.0953. The van der Waals surface area contributed by atoms with Gasteiger partial charge in [0.2, 0.25) is 0 Å². The highest BCUT2D eigenvalue weighted by molar-refractivity contribution is 7.13. The molecule has 4 atom stereocenters. The smallest absolute Gasteiger partial charge is 0.198 e. The van der Waals surface area contributed by atoms with Gasteiger partial charge in [-0.15, -0.1) is 0 Å². The van der Waals surface area contributed by atoms with Crippen molar-refractivity contribution in [3.8, 4) is 11.8 Å². The first-order chi connectivity index (χ1) is 17.6. The maximum absolute atomic E-state index is 12.3. The number of benzene rings is 1. The molecule has 1 aliphatic heterocycles. The number of carbonyl (C=O) groups excluding carboxylic acids is 1.